The molecule has 0 aliphatic rings. The highest BCUT2D eigenvalue weighted by Gasteiger charge is 2.25. The van der Waals surface area contributed by atoms with E-state index in [0.717, 1.165) is 0 Å². The van der Waals surface area contributed by atoms with E-state index in [-0.39, 0.29) is 24.3 Å². The molecular formula is C19H26N4O8S. The summed E-state index contributed by atoms with van der Waals surface area (Å²) >= 11 is 3.80. The molecular weight excluding hydrogens is 444 g/mol. The molecule has 0 saturated carbocycles. The van der Waals surface area contributed by atoms with Crippen LogP contribution in [0.4, 0.5) is 0 Å². The van der Waals surface area contributed by atoms with Gasteiger partial charge in [-0.2, -0.15) is 12.6 Å². The molecule has 3 amide bonds. The van der Waals surface area contributed by atoms with Gasteiger partial charge in [-0.3, -0.25) is 19.2 Å². The van der Waals surface area contributed by atoms with E-state index in [2.05, 4.69) is 28.6 Å². The van der Waals surface area contributed by atoms with Gasteiger partial charge < -0.3 is 37.0 Å². The number of hydrogen-bond acceptors (Lipinski definition) is 8. The zero-order chi connectivity index (χ0) is 24.3. The number of aliphatic carboxylic acids is 2. The van der Waals surface area contributed by atoms with Crippen molar-refractivity contribution in [3.8, 4) is 5.75 Å². The monoisotopic (exact) mass is 470 g/mol. The number of carboxylic acids is 2. The third kappa shape index (κ3) is 9.66. The molecule has 0 aliphatic carbocycles. The number of amides is 3. The molecule has 0 radical (unpaired) electrons. The summed E-state index contributed by atoms with van der Waals surface area (Å²) in [6.07, 6.45) is -0.588. The van der Waals surface area contributed by atoms with Crippen molar-refractivity contribution in [2.45, 2.75) is 37.4 Å². The lowest BCUT2D eigenvalue weighted by Crippen LogP contribution is -2.54. The van der Waals surface area contributed by atoms with Crippen molar-refractivity contribution in [1.82, 2.24) is 16.0 Å². The number of nitrogens with two attached hydrogens (primary N) is 1. The number of thiol groups is 1. The van der Waals surface area contributed by atoms with Gasteiger partial charge in [-0.25, -0.2) is 4.79 Å². The normalized spacial score (nSPS) is 13.3. The standard InChI is InChI=1S/C19H26N4O8S/c20-12(7-10-1-3-11(24)4-2-10)17(28)23-13(5-6-16(26)27)18(29)21-8-15(25)22-14(9-32)19(30)31/h1-4,12-14,24,32H,5-9,20H2,(H,21,29)(H,22,25)(H,23,28)(H,26,27)(H,30,31). The third-order valence-electron chi connectivity index (χ3n) is 4.25. The Hall–Kier alpha value is -3.32. The molecule has 32 heavy (non-hydrogen) atoms. The average Bonchev–Trinajstić information content (AvgIpc) is 2.74. The van der Waals surface area contributed by atoms with Crippen LogP contribution in [-0.4, -0.2) is 75.4 Å². The van der Waals surface area contributed by atoms with E-state index < -0.39 is 60.8 Å². The van der Waals surface area contributed by atoms with Crippen LogP contribution in [0.1, 0.15) is 18.4 Å². The van der Waals surface area contributed by atoms with Crippen LogP contribution in [0.25, 0.3) is 0 Å². The number of benzene rings is 1. The Labute approximate surface area is 189 Å². The van der Waals surface area contributed by atoms with Crippen LogP contribution in [0.2, 0.25) is 0 Å². The van der Waals surface area contributed by atoms with Gasteiger partial charge in [0.2, 0.25) is 17.7 Å². The highest BCUT2D eigenvalue weighted by atomic mass is 32.1. The van der Waals surface area contributed by atoms with Gasteiger partial charge in [-0.1, -0.05) is 12.1 Å². The second-order valence-electron chi connectivity index (χ2n) is 6.83. The molecule has 0 aliphatic heterocycles. The molecule has 1 aromatic carbocycles. The quantitative estimate of drug-likeness (QED) is 0.153. The Morgan fingerprint density at radius 2 is 1.59 bits per heavy atom. The molecule has 1 aromatic rings. The molecule has 176 valence electrons. The van der Waals surface area contributed by atoms with E-state index in [9.17, 15) is 29.1 Å². The maximum absolute atomic E-state index is 12.4. The molecule has 0 fully saturated rings. The molecule has 0 saturated heterocycles. The van der Waals surface area contributed by atoms with E-state index in [0.29, 0.717) is 5.56 Å². The number of rotatable bonds is 13. The highest BCUT2D eigenvalue weighted by molar-refractivity contribution is 7.80. The molecule has 0 aromatic heterocycles. The number of hydrogen-bond donors (Lipinski definition) is 8. The summed E-state index contributed by atoms with van der Waals surface area (Å²) in [6.45, 7) is -0.588. The number of carbonyl (C=O) groups is 5. The third-order valence-corrected chi connectivity index (χ3v) is 4.61. The molecule has 13 heteroatoms. The molecule has 8 N–H and O–H groups in total. The summed E-state index contributed by atoms with van der Waals surface area (Å²) < 4.78 is 0. The first-order valence-corrected chi connectivity index (χ1v) is 10.1. The Bertz CT molecular complexity index is 833. The van der Waals surface area contributed by atoms with E-state index >= 15 is 0 Å². The van der Waals surface area contributed by atoms with Gasteiger partial charge in [0.15, 0.2) is 0 Å². The fourth-order valence-electron chi connectivity index (χ4n) is 2.52. The van der Waals surface area contributed by atoms with Crippen molar-refractivity contribution in [3.05, 3.63) is 29.8 Å². The van der Waals surface area contributed by atoms with Gasteiger partial charge in [0.1, 0.15) is 17.8 Å². The molecule has 0 bridgehead atoms. The second-order valence-corrected chi connectivity index (χ2v) is 7.19. The topological polar surface area (TPSA) is 208 Å². The fourth-order valence-corrected chi connectivity index (χ4v) is 2.76. The predicted octanol–water partition coefficient (Wildman–Crippen LogP) is -1.77. The maximum atomic E-state index is 12.4. The van der Waals surface area contributed by atoms with Crippen molar-refractivity contribution in [1.29, 1.82) is 0 Å². The van der Waals surface area contributed by atoms with Crippen molar-refractivity contribution < 1.29 is 39.3 Å². The average molecular weight is 471 g/mol. The number of phenolic OH excluding ortho intramolecular Hbond substituents is 1. The smallest absolute Gasteiger partial charge is 0.327 e. The van der Waals surface area contributed by atoms with Crippen molar-refractivity contribution in [2.75, 3.05) is 12.3 Å². The molecule has 12 nitrogen and oxygen atoms in total. The SMILES string of the molecule is NC(Cc1ccc(O)cc1)C(=O)NC(CCC(=O)O)C(=O)NCC(=O)NC(CS)C(=O)O. The van der Waals surface area contributed by atoms with Crippen LogP contribution < -0.4 is 21.7 Å². The first kappa shape index (κ1) is 26.7. The molecule has 0 spiro atoms. The zero-order valence-corrected chi connectivity index (χ0v) is 17.9. The maximum Gasteiger partial charge on any atom is 0.327 e. The largest absolute Gasteiger partial charge is 0.508 e. The predicted molar refractivity (Wildman–Crippen MR) is 115 cm³/mol. The second kappa shape index (κ2) is 13.2. The van der Waals surface area contributed by atoms with Gasteiger partial charge in [0, 0.05) is 12.2 Å². The molecule has 0 heterocycles. The van der Waals surface area contributed by atoms with Crippen LogP contribution >= 0.6 is 12.6 Å². The van der Waals surface area contributed by atoms with Gasteiger partial charge in [-0.05, 0) is 30.5 Å². The Kier molecular flexibility index (Phi) is 11.0. The van der Waals surface area contributed by atoms with E-state index in [1.54, 1.807) is 12.1 Å². The van der Waals surface area contributed by atoms with Crippen molar-refractivity contribution in [3.63, 3.8) is 0 Å². The van der Waals surface area contributed by atoms with Crippen molar-refractivity contribution in [2.24, 2.45) is 5.73 Å². The summed E-state index contributed by atoms with van der Waals surface area (Å²) in [5, 5.41) is 33.8. The van der Waals surface area contributed by atoms with E-state index in [4.69, 9.17) is 15.9 Å². The Balaban J connectivity index is 2.70. The van der Waals surface area contributed by atoms with Crippen LogP contribution in [-0.2, 0) is 30.4 Å². The van der Waals surface area contributed by atoms with E-state index in [1.165, 1.54) is 12.1 Å². The van der Waals surface area contributed by atoms with Gasteiger partial charge in [-0.15, -0.1) is 0 Å². The molecule has 3 atom stereocenters. The first-order chi connectivity index (χ1) is 15.0. The molecule has 3 unspecified atom stereocenters. The lowest BCUT2D eigenvalue weighted by atomic mass is 10.0. The van der Waals surface area contributed by atoms with Crippen LogP contribution in [0.5, 0.6) is 5.75 Å². The minimum atomic E-state index is -1.30. The number of phenols is 1. The van der Waals surface area contributed by atoms with Gasteiger partial charge in [0.25, 0.3) is 0 Å². The summed E-state index contributed by atoms with van der Waals surface area (Å²) in [7, 11) is 0. The summed E-state index contributed by atoms with van der Waals surface area (Å²) in [6, 6.07) is 2.42. The van der Waals surface area contributed by atoms with Crippen LogP contribution in [0, 0.1) is 0 Å². The highest BCUT2D eigenvalue weighted by Crippen LogP contribution is 2.11. The van der Waals surface area contributed by atoms with E-state index in [1.807, 2.05) is 0 Å². The Morgan fingerprint density at radius 1 is 0.969 bits per heavy atom. The first-order valence-electron chi connectivity index (χ1n) is 9.49. The minimum absolute atomic E-state index is 0.0465. The number of nitrogens with one attached hydrogen (secondary N) is 3. The van der Waals surface area contributed by atoms with Gasteiger partial charge >= 0.3 is 11.9 Å². The lowest BCUT2D eigenvalue weighted by Gasteiger charge is -2.20. The Morgan fingerprint density at radius 3 is 2.12 bits per heavy atom. The van der Waals surface area contributed by atoms with Gasteiger partial charge in [0.05, 0.1) is 12.6 Å². The summed E-state index contributed by atoms with van der Waals surface area (Å²) in [5.41, 5.74) is 6.52. The minimum Gasteiger partial charge on any atom is -0.508 e. The number of carboxylic acid groups (broad SMARTS) is 2. The van der Waals surface area contributed by atoms with Crippen LogP contribution in [0.3, 0.4) is 0 Å². The fraction of sp³-hybridized carbons (Fsp3) is 0.421. The molecule has 1 rings (SSSR count). The lowest BCUT2D eigenvalue weighted by molar-refractivity contribution is -0.141. The summed E-state index contributed by atoms with van der Waals surface area (Å²) in [4.78, 5) is 58.4. The van der Waals surface area contributed by atoms with Crippen LogP contribution in [0.15, 0.2) is 24.3 Å². The zero-order valence-electron chi connectivity index (χ0n) is 17.0. The number of carbonyl (C=O) groups excluding carboxylic acids is 3. The van der Waals surface area contributed by atoms with Crippen molar-refractivity contribution >= 4 is 42.3 Å². The summed E-state index contributed by atoms with van der Waals surface area (Å²) in [5.74, 6) is -4.95. The number of aromatic hydroxyl groups is 1.